The van der Waals surface area contributed by atoms with Crippen molar-refractivity contribution in [1.29, 1.82) is 0 Å². The highest BCUT2D eigenvalue weighted by atomic mass is 15.3. The topological polar surface area (TPSA) is 33.4 Å². The summed E-state index contributed by atoms with van der Waals surface area (Å²) in [5.74, 6) is 1.70. The molecule has 3 heterocycles. The van der Waals surface area contributed by atoms with Crippen molar-refractivity contribution >= 4 is 5.65 Å². The minimum Gasteiger partial charge on any atom is -0.306 e. The van der Waals surface area contributed by atoms with Gasteiger partial charge in [-0.25, -0.2) is 9.50 Å². The van der Waals surface area contributed by atoms with E-state index >= 15 is 0 Å². The van der Waals surface area contributed by atoms with Gasteiger partial charge in [-0.05, 0) is 50.6 Å². The first kappa shape index (κ1) is 10.7. The number of rotatable bonds is 2. The quantitative estimate of drug-likeness (QED) is 0.784. The van der Waals surface area contributed by atoms with Crippen molar-refractivity contribution in [1.82, 2.24) is 19.5 Å². The highest BCUT2D eigenvalue weighted by Crippen LogP contribution is 2.18. The van der Waals surface area contributed by atoms with Gasteiger partial charge in [0.25, 0.3) is 0 Å². The Morgan fingerprint density at radius 2 is 2.35 bits per heavy atom. The number of fused-ring (bicyclic) bond motifs is 1. The number of aromatic nitrogens is 3. The second kappa shape index (κ2) is 4.11. The molecule has 0 bridgehead atoms. The Kier molecular flexibility index (Phi) is 2.59. The summed E-state index contributed by atoms with van der Waals surface area (Å²) in [4.78, 5) is 6.97. The van der Waals surface area contributed by atoms with Crippen molar-refractivity contribution in [2.75, 3.05) is 20.1 Å². The van der Waals surface area contributed by atoms with Crippen LogP contribution in [0.1, 0.15) is 17.8 Å². The molecular formula is C13H18N4. The molecule has 0 spiro atoms. The molecule has 0 N–H and O–H groups in total. The van der Waals surface area contributed by atoms with E-state index in [1.54, 1.807) is 0 Å². The lowest BCUT2D eigenvalue weighted by Gasteiger charge is -2.07. The smallest absolute Gasteiger partial charge is 0.155 e. The maximum absolute atomic E-state index is 4.60. The van der Waals surface area contributed by atoms with Gasteiger partial charge >= 0.3 is 0 Å². The number of hydrogen-bond donors (Lipinski definition) is 0. The fraction of sp³-hybridized carbons (Fsp3) is 0.538. The molecule has 0 aliphatic carbocycles. The Balaban J connectivity index is 1.81. The first-order valence-electron chi connectivity index (χ1n) is 6.21. The summed E-state index contributed by atoms with van der Waals surface area (Å²) in [5, 5.41) is 4.53. The Morgan fingerprint density at radius 3 is 3.12 bits per heavy atom. The third-order valence-electron chi connectivity index (χ3n) is 3.50. The van der Waals surface area contributed by atoms with Crippen LogP contribution in [0.4, 0.5) is 0 Å². The van der Waals surface area contributed by atoms with Crippen LogP contribution in [0.25, 0.3) is 5.65 Å². The minimum absolute atomic E-state index is 0.721. The van der Waals surface area contributed by atoms with Crippen LogP contribution in [0, 0.1) is 12.8 Å². The molecule has 2 aromatic rings. The molecule has 4 nitrogen and oxygen atoms in total. The summed E-state index contributed by atoms with van der Waals surface area (Å²) in [7, 11) is 2.18. The number of aryl methyl sites for hydroxylation is 1. The van der Waals surface area contributed by atoms with Crippen molar-refractivity contribution in [3.05, 3.63) is 29.7 Å². The molecule has 1 fully saturated rings. The number of hydrogen-bond acceptors (Lipinski definition) is 3. The van der Waals surface area contributed by atoms with Crippen molar-refractivity contribution < 1.29 is 0 Å². The predicted octanol–water partition coefficient (Wildman–Crippen LogP) is 1.53. The first-order chi connectivity index (χ1) is 8.20. The van der Waals surface area contributed by atoms with Gasteiger partial charge in [0.05, 0.1) is 0 Å². The second-order valence-electron chi connectivity index (χ2n) is 5.16. The van der Waals surface area contributed by atoms with Gasteiger partial charge in [0.15, 0.2) is 11.5 Å². The molecule has 0 radical (unpaired) electrons. The molecule has 90 valence electrons. The molecule has 3 rings (SSSR count). The van der Waals surface area contributed by atoms with Crippen molar-refractivity contribution in [2.45, 2.75) is 19.8 Å². The van der Waals surface area contributed by atoms with Gasteiger partial charge < -0.3 is 4.90 Å². The molecular weight excluding hydrogens is 212 g/mol. The molecule has 4 heteroatoms. The van der Waals surface area contributed by atoms with E-state index in [-0.39, 0.29) is 0 Å². The molecule has 1 atom stereocenters. The maximum atomic E-state index is 4.60. The molecule has 2 aromatic heterocycles. The van der Waals surface area contributed by atoms with Crippen LogP contribution in [0.3, 0.4) is 0 Å². The second-order valence-corrected chi connectivity index (χ2v) is 5.16. The third-order valence-corrected chi connectivity index (χ3v) is 3.50. The van der Waals surface area contributed by atoms with E-state index < -0.39 is 0 Å². The van der Waals surface area contributed by atoms with E-state index in [9.17, 15) is 0 Å². The van der Waals surface area contributed by atoms with Gasteiger partial charge in [-0.2, -0.15) is 5.10 Å². The lowest BCUT2D eigenvalue weighted by Crippen LogP contribution is -2.15. The lowest BCUT2D eigenvalue weighted by molar-refractivity contribution is 0.392. The zero-order valence-corrected chi connectivity index (χ0v) is 10.4. The lowest BCUT2D eigenvalue weighted by atomic mass is 10.1. The Hall–Kier alpha value is -1.42. The predicted molar refractivity (Wildman–Crippen MR) is 67.0 cm³/mol. The number of nitrogens with zero attached hydrogens (tertiary/aromatic N) is 4. The highest BCUT2D eigenvalue weighted by molar-refractivity contribution is 5.39. The van der Waals surface area contributed by atoms with Gasteiger partial charge in [0.1, 0.15) is 0 Å². The molecule has 1 aliphatic rings. The van der Waals surface area contributed by atoms with Crippen molar-refractivity contribution in [2.24, 2.45) is 5.92 Å². The van der Waals surface area contributed by atoms with E-state index in [0.717, 1.165) is 23.8 Å². The SMILES string of the molecule is Cc1ccn2nc(CC3CCN(C)C3)nc2c1. The molecule has 1 aliphatic heterocycles. The summed E-state index contributed by atoms with van der Waals surface area (Å²) >= 11 is 0. The summed E-state index contributed by atoms with van der Waals surface area (Å²) in [6, 6.07) is 4.14. The average Bonchev–Trinajstić information content (AvgIpc) is 2.84. The average molecular weight is 230 g/mol. The van der Waals surface area contributed by atoms with E-state index in [4.69, 9.17) is 0 Å². The maximum Gasteiger partial charge on any atom is 0.155 e. The van der Waals surface area contributed by atoms with Crippen molar-refractivity contribution in [3.8, 4) is 0 Å². The molecule has 0 aromatic carbocycles. The Labute approximate surface area is 101 Å². The van der Waals surface area contributed by atoms with E-state index in [2.05, 4.69) is 41.1 Å². The van der Waals surface area contributed by atoms with Crippen LogP contribution in [-0.4, -0.2) is 39.6 Å². The van der Waals surface area contributed by atoms with Crippen molar-refractivity contribution in [3.63, 3.8) is 0 Å². The van der Waals surface area contributed by atoms with Gasteiger partial charge in [-0.1, -0.05) is 0 Å². The highest BCUT2D eigenvalue weighted by Gasteiger charge is 2.21. The van der Waals surface area contributed by atoms with Gasteiger partial charge in [-0.15, -0.1) is 0 Å². The van der Waals surface area contributed by atoms with Crippen LogP contribution >= 0.6 is 0 Å². The fourth-order valence-electron chi connectivity index (χ4n) is 2.57. The first-order valence-corrected chi connectivity index (χ1v) is 6.21. The number of pyridine rings is 1. The summed E-state index contributed by atoms with van der Waals surface area (Å²) in [6.07, 6.45) is 4.26. The zero-order chi connectivity index (χ0) is 11.8. The fourth-order valence-corrected chi connectivity index (χ4v) is 2.57. The van der Waals surface area contributed by atoms with E-state index in [0.29, 0.717) is 0 Å². The summed E-state index contributed by atoms with van der Waals surface area (Å²) < 4.78 is 1.88. The van der Waals surface area contributed by atoms with Crippen LogP contribution in [-0.2, 0) is 6.42 Å². The summed E-state index contributed by atoms with van der Waals surface area (Å²) in [5.41, 5.74) is 2.20. The Morgan fingerprint density at radius 1 is 1.47 bits per heavy atom. The standard InChI is InChI=1S/C13H18N4/c1-10-3-6-17-13(7-10)14-12(15-17)8-11-4-5-16(2)9-11/h3,6-7,11H,4-5,8-9H2,1-2H3. The van der Waals surface area contributed by atoms with Crippen LogP contribution in [0.2, 0.25) is 0 Å². The number of likely N-dealkylation sites (tertiary alicyclic amines) is 1. The molecule has 17 heavy (non-hydrogen) atoms. The monoisotopic (exact) mass is 230 g/mol. The molecule has 1 saturated heterocycles. The van der Waals surface area contributed by atoms with Crippen LogP contribution < -0.4 is 0 Å². The van der Waals surface area contributed by atoms with Gasteiger partial charge in [0, 0.05) is 19.2 Å². The van der Waals surface area contributed by atoms with Gasteiger partial charge in [-0.3, -0.25) is 0 Å². The molecule has 0 amide bonds. The van der Waals surface area contributed by atoms with Crippen LogP contribution in [0.15, 0.2) is 18.3 Å². The minimum atomic E-state index is 0.721. The van der Waals surface area contributed by atoms with Crippen LogP contribution in [0.5, 0.6) is 0 Å². The molecule has 1 unspecified atom stereocenters. The Bertz CT molecular complexity index is 531. The zero-order valence-electron chi connectivity index (χ0n) is 10.4. The largest absolute Gasteiger partial charge is 0.306 e. The van der Waals surface area contributed by atoms with E-state index in [1.807, 2.05) is 10.7 Å². The molecule has 0 saturated carbocycles. The normalized spacial score (nSPS) is 21.4. The summed E-state index contributed by atoms with van der Waals surface area (Å²) in [6.45, 7) is 4.46. The van der Waals surface area contributed by atoms with Gasteiger partial charge in [0.2, 0.25) is 0 Å². The van der Waals surface area contributed by atoms with E-state index in [1.165, 1.54) is 25.1 Å². The third kappa shape index (κ3) is 2.17.